The summed E-state index contributed by atoms with van der Waals surface area (Å²) in [6, 6.07) is 14.3. The van der Waals surface area contributed by atoms with Gasteiger partial charge < -0.3 is 29.6 Å². The molecule has 0 saturated carbocycles. The summed E-state index contributed by atoms with van der Waals surface area (Å²) in [6.45, 7) is 6.12. The highest BCUT2D eigenvalue weighted by atomic mass is 32.1. The number of aromatic carboxylic acids is 1. The van der Waals surface area contributed by atoms with Crippen LogP contribution in [-0.2, 0) is 22.4 Å². The van der Waals surface area contributed by atoms with Gasteiger partial charge in [-0.15, -0.1) is 22.7 Å². The van der Waals surface area contributed by atoms with E-state index in [4.69, 9.17) is 5.11 Å². The van der Waals surface area contributed by atoms with Gasteiger partial charge in [-0.25, -0.2) is 14.8 Å². The Hall–Kier alpha value is -4.82. The second-order valence-corrected chi connectivity index (χ2v) is 14.0. The largest absolute Gasteiger partial charge is 0.478 e. The number of rotatable bonds is 10. The number of carboxylic acid groups (broad SMARTS) is 1. The van der Waals surface area contributed by atoms with E-state index in [0.29, 0.717) is 44.3 Å². The van der Waals surface area contributed by atoms with E-state index < -0.39 is 5.97 Å². The molecule has 0 radical (unpaired) electrons. The van der Waals surface area contributed by atoms with Crippen molar-refractivity contribution in [1.82, 2.24) is 24.7 Å². The molecule has 14 heteroatoms. The van der Waals surface area contributed by atoms with Crippen LogP contribution in [0.5, 0.6) is 0 Å². The average Bonchev–Trinajstić information content (AvgIpc) is 3.89. The number of nitrogens with zero attached hydrogens (tertiary/aromatic N) is 7. The van der Waals surface area contributed by atoms with Crippen molar-refractivity contribution in [1.29, 1.82) is 0 Å². The average molecular weight is 718 g/mol. The molecule has 264 valence electrons. The highest BCUT2D eigenvalue weighted by Crippen LogP contribution is 2.21. The number of thiazole rings is 2. The van der Waals surface area contributed by atoms with Crippen LogP contribution in [0.1, 0.15) is 44.7 Å². The van der Waals surface area contributed by atoms with Crippen molar-refractivity contribution in [3.8, 4) is 0 Å². The zero-order valence-corrected chi connectivity index (χ0v) is 30.1. The van der Waals surface area contributed by atoms with Crippen LogP contribution < -0.4 is 9.80 Å². The smallest absolute Gasteiger partial charge is 0.335 e. The van der Waals surface area contributed by atoms with E-state index in [0.717, 1.165) is 60.7 Å². The van der Waals surface area contributed by atoms with E-state index in [9.17, 15) is 19.2 Å². The van der Waals surface area contributed by atoms with E-state index in [2.05, 4.69) is 19.8 Å². The van der Waals surface area contributed by atoms with Crippen molar-refractivity contribution in [2.75, 3.05) is 76.3 Å². The van der Waals surface area contributed by atoms with Gasteiger partial charge >= 0.3 is 5.97 Å². The number of hydrogen-bond acceptors (Lipinski definition) is 10. The maximum atomic E-state index is 12.5. The number of hydrogen-bond donors (Lipinski definition) is 1. The van der Waals surface area contributed by atoms with Crippen molar-refractivity contribution in [2.24, 2.45) is 0 Å². The molecule has 0 unspecified atom stereocenters. The third kappa shape index (κ3) is 10.1. The molecule has 0 aliphatic carbocycles. The maximum Gasteiger partial charge on any atom is 0.335 e. The van der Waals surface area contributed by atoms with E-state index in [1.807, 2.05) is 57.1 Å². The molecule has 2 aromatic carbocycles. The summed E-state index contributed by atoms with van der Waals surface area (Å²) >= 11 is 3.25. The zero-order valence-electron chi connectivity index (χ0n) is 28.4. The first-order valence-corrected chi connectivity index (χ1v) is 18.4. The quantitative estimate of drug-likeness (QED) is 0.256. The van der Waals surface area contributed by atoms with E-state index >= 15 is 0 Å². The number of anilines is 2. The molecule has 4 aromatic rings. The lowest BCUT2D eigenvalue weighted by atomic mass is 10.1. The fourth-order valence-corrected chi connectivity index (χ4v) is 7.23. The van der Waals surface area contributed by atoms with Gasteiger partial charge in [0.05, 0.1) is 5.56 Å². The second kappa shape index (κ2) is 17.7. The molecule has 0 atom stereocenters. The van der Waals surface area contributed by atoms with Crippen LogP contribution in [0.15, 0.2) is 71.7 Å². The maximum absolute atomic E-state index is 12.5. The molecule has 2 saturated heterocycles. The molecular weight excluding hydrogens is 675 g/mol. The Morgan fingerprint density at radius 1 is 0.680 bits per heavy atom. The molecule has 12 nitrogen and oxygen atoms in total. The number of aryl methyl sites for hydroxylation is 2. The first-order valence-electron chi connectivity index (χ1n) is 16.6. The van der Waals surface area contributed by atoms with Gasteiger partial charge in [-0.05, 0) is 48.2 Å². The molecule has 2 fully saturated rings. The minimum atomic E-state index is -0.943. The molecule has 1 N–H and O–H groups in total. The SMILES string of the molecule is CN(C)C(=O)c1cccc(CCC(=O)N2CCN(c3nccs3)CC2)c1.O=C(O)c1cccc(CCC(=O)N2CCN(c3nccs3)CC2)c1. The Kier molecular flexibility index (Phi) is 12.9. The number of carboxylic acids is 1. The fourth-order valence-electron chi connectivity index (χ4n) is 5.84. The standard InChI is InChI=1S/C19H24N4O2S.C17H19N3O3S/c1-21(2)18(25)16-5-3-4-15(14-16)6-7-17(24)22-9-11-23(12-10-22)19-20-8-13-26-19;21-15(5-4-13-2-1-3-14(12-13)16(22)23)19-7-9-20(10-8-19)17-18-6-11-24-17/h3-5,8,13-14H,6-7,9-12H2,1-2H3;1-3,6,11-12H,4-5,7-10H2,(H,22,23). The molecule has 0 spiro atoms. The summed E-state index contributed by atoms with van der Waals surface area (Å²) in [4.78, 5) is 66.3. The Bertz CT molecular complexity index is 1720. The number of benzene rings is 2. The first-order chi connectivity index (χ1) is 24.2. The van der Waals surface area contributed by atoms with Gasteiger partial charge in [-0.1, -0.05) is 24.3 Å². The molecule has 50 heavy (non-hydrogen) atoms. The van der Waals surface area contributed by atoms with Crippen LogP contribution in [0.2, 0.25) is 0 Å². The third-order valence-electron chi connectivity index (χ3n) is 8.65. The van der Waals surface area contributed by atoms with Gasteiger partial charge in [-0.3, -0.25) is 14.4 Å². The van der Waals surface area contributed by atoms with Gasteiger partial charge in [-0.2, -0.15) is 0 Å². The number of amides is 3. The molecule has 2 aromatic heterocycles. The monoisotopic (exact) mass is 717 g/mol. The molecule has 0 bridgehead atoms. The molecule has 4 heterocycles. The topological polar surface area (TPSA) is 130 Å². The molecular formula is C36H43N7O5S2. The lowest BCUT2D eigenvalue weighted by Crippen LogP contribution is -2.48. The van der Waals surface area contributed by atoms with Crippen LogP contribution >= 0.6 is 22.7 Å². The lowest BCUT2D eigenvalue weighted by molar-refractivity contribution is -0.132. The van der Waals surface area contributed by atoms with Crippen LogP contribution in [0.3, 0.4) is 0 Å². The predicted molar refractivity (Wildman–Crippen MR) is 196 cm³/mol. The van der Waals surface area contributed by atoms with Gasteiger partial charge in [0.1, 0.15) is 0 Å². The number of carbonyl (C=O) groups is 4. The normalized spacial score (nSPS) is 14.5. The Labute approximate surface area is 300 Å². The van der Waals surface area contributed by atoms with Crippen molar-refractivity contribution < 1.29 is 24.3 Å². The summed E-state index contributed by atoms with van der Waals surface area (Å²) in [5, 5.41) is 15.0. The summed E-state index contributed by atoms with van der Waals surface area (Å²) in [7, 11) is 3.48. The predicted octanol–water partition coefficient (Wildman–Crippen LogP) is 4.25. The molecule has 2 aliphatic heterocycles. The summed E-state index contributed by atoms with van der Waals surface area (Å²) < 4.78 is 0. The molecule has 6 rings (SSSR count). The fraction of sp³-hybridized carbons (Fsp3) is 0.389. The van der Waals surface area contributed by atoms with Gasteiger partial charge in [0.25, 0.3) is 5.91 Å². The van der Waals surface area contributed by atoms with E-state index in [-0.39, 0.29) is 23.3 Å². The van der Waals surface area contributed by atoms with Crippen LogP contribution in [0, 0.1) is 0 Å². The first kappa shape index (κ1) is 36.5. The minimum absolute atomic E-state index is 0.0171. The van der Waals surface area contributed by atoms with Crippen molar-refractivity contribution in [3.05, 3.63) is 93.9 Å². The number of carbonyl (C=O) groups excluding carboxylic acids is 3. The van der Waals surface area contributed by atoms with Gasteiger partial charge in [0.2, 0.25) is 11.8 Å². The molecule has 3 amide bonds. The summed E-state index contributed by atoms with van der Waals surface area (Å²) in [5.74, 6) is -0.666. The van der Waals surface area contributed by atoms with Gasteiger partial charge in [0.15, 0.2) is 10.3 Å². The van der Waals surface area contributed by atoms with Crippen molar-refractivity contribution in [3.63, 3.8) is 0 Å². The van der Waals surface area contributed by atoms with E-state index in [1.165, 1.54) is 0 Å². The van der Waals surface area contributed by atoms with Crippen LogP contribution in [0.25, 0.3) is 0 Å². The van der Waals surface area contributed by atoms with Crippen molar-refractivity contribution in [2.45, 2.75) is 25.7 Å². The number of aromatic nitrogens is 2. The lowest BCUT2D eigenvalue weighted by Gasteiger charge is -2.34. The zero-order chi connectivity index (χ0) is 35.5. The van der Waals surface area contributed by atoms with E-state index in [1.54, 1.807) is 66.1 Å². The molecule has 2 aliphatic rings. The summed E-state index contributed by atoms with van der Waals surface area (Å²) in [6.07, 6.45) is 5.69. The Morgan fingerprint density at radius 2 is 1.12 bits per heavy atom. The van der Waals surface area contributed by atoms with Crippen LogP contribution in [0.4, 0.5) is 10.3 Å². The minimum Gasteiger partial charge on any atom is -0.478 e. The van der Waals surface area contributed by atoms with Crippen LogP contribution in [-0.4, -0.2) is 120 Å². The highest BCUT2D eigenvalue weighted by molar-refractivity contribution is 7.13. The third-order valence-corrected chi connectivity index (χ3v) is 10.3. The Morgan fingerprint density at radius 3 is 1.52 bits per heavy atom. The highest BCUT2D eigenvalue weighted by Gasteiger charge is 2.23. The second-order valence-electron chi connectivity index (χ2n) is 12.3. The van der Waals surface area contributed by atoms with Gasteiger partial charge in [0, 0.05) is 108 Å². The van der Waals surface area contributed by atoms with Crippen molar-refractivity contribution >= 4 is 56.6 Å². The number of piperazine rings is 2. The summed E-state index contributed by atoms with van der Waals surface area (Å²) in [5.41, 5.74) is 2.83. The Balaban J connectivity index is 0.000000195.